The molecule has 0 amide bonds. The molecule has 0 aliphatic heterocycles. The van der Waals surface area contributed by atoms with Crippen molar-refractivity contribution in [3.63, 3.8) is 0 Å². The molecule has 1 aromatic rings. The predicted octanol–water partition coefficient (Wildman–Crippen LogP) is 3.02. The van der Waals surface area contributed by atoms with Gasteiger partial charge in [-0.2, -0.15) is 5.10 Å². The molecule has 0 bridgehead atoms. The first kappa shape index (κ1) is 13.1. The van der Waals surface area contributed by atoms with Crippen molar-refractivity contribution in [2.45, 2.75) is 52.1 Å². The number of nitrogens with zero attached hydrogens (tertiary/aromatic N) is 2. The molecule has 96 valence electrons. The van der Waals surface area contributed by atoms with Crippen LogP contribution in [0.15, 0.2) is 4.47 Å². The fourth-order valence-corrected chi connectivity index (χ4v) is 2.98. The van der Waals surface area contributed by atoms with E-state index >= 15 is 0 Å². The molecule has 1 saturated carbocycles. The Kier molecular flexibility index (Phi) is 4.26. The normalized spacial score (nSPS) is 17.4. The van der Waals surface area contributed by atoms with Crippen LogP contribution in [0, 0.1) is 5.92 Å². The Morgan fingerprint density at radius 1 is 1.53 bits per heavy atom. The lowest BCUT2D eigenvalue weighted by Gasteiger charge is -2.13. The third-order valence-corrected chi connectivity index (χ3v) is 4.42. The number of hydrogen-bond donors (Lipinski definition) is 1. The van der Waals surface area contributed by atoms with Gasteiger partial charge in [-0.05, 0) is 41.6 Å². The van der Waals surface area contributed by atoms with E-state index in [0.29, 0.717) is 6.04 Å². The van der Waals surface area contributed by atoms with E-state index in [1.54, 1.807) is 0 Å². The highest BCUT2D eigenvalue weighted by molar-refractivity contribution is 9.10. The molecule has 1 fully saturated rings. The molecule has 0 aromatic carbocycles. The number of nitrogens with one attached hydrogen (secondary N) is 1. The van der Waals surface area contributed by atoms with Crippen LogP contribution in [0.4, 0.5) is 0 Å². The second kappa shape index (κ2) is 5.53. The highest BCUT2D eigenvalue weighted by atomic mass is 79.9. The van der Waals surface area contributed by atoms with E-state index in [1.807, 2.05) is 11.7 Å². The van der Waals surface area contributed by atoms with Gasteiger partial charge < -0.3 is 5.32 Å². The lowest BCUT2D eigenvalue weighted by Crippen LogP contribution is -2.27. The van der Waals surface area contributed by atoms with Crippen molar-refractivity contribution < 1.29 is 0 Å². The number of hydrogen-bond acceptors (Lipinski definition) is 2. The van der Waals surface area contributed by atoms with Gasteiger partial charge in [0.1, 0.15) is 0 Å². The topological polar surface area (TPSA) is 29.9 Å². The SMILES string of the molecule is CCc1nn(C)c(CNC(C)CC2CC2)c1Br. The summed E-state index contributed by atoms with van der Waals surface area (Å²) in [5, 5.41) is 8.11. The molecule has 1 aliphatic rings. The molecular formula is C13H22BrN3. The van der Waals surface area contributed by atoms with Crippen molar-refractivity contribution in [3.8, 4) is 0 Å². The summed E-state index contributed by atoms with van der Waals surface area (Å²) in [6.45, 7) is 5.32. The van der Waals surface area contributed by atoms with E-state index < -0.39 is 0 Å². The second-order valence-electron chi connectivity index (χ2n) is 5.15. The minimum Gasteiger partial charge on any atom is -0.309 e. The zero-order valence-corrected chi connectivity index (χ0v) is 12.5. The smallest absolute Gasteiger partial charge is 0.0767 e. The largest absolute Gasteiger partial charge is 0.309 e. The third-order valence-electron chi connectivity index (χ3n) is 3.50. The Hall–Kier alpha value is -0.350. The first-order valence-corrected chi connectivity index (χ1v) is 7.34. The molecule has 1 aromatic heterocycles. The maximum absolute atomic E-state index is 4.51. The summed E-state index contributed by atoms with van der Waals surface area (Å²) in [6.07, 6.45) is 5.16. The van der Waals surface area contributed by atoms with Gasteiger partial charge in [-0.3, -0.25) is 4.68 Å². The zero-order valence-electron chi connectivity index (χ0n) is 11.0. The fourth-order valence-electron chi connectivity index (χ4n) is 2.22. The summed E-state index contributed by atoms with van der Waals surface area (Å²) < 4.78 is 3.16. The molecule has 1 unspecified atom stereocenters. The van der Waals surface area contributed by atoms with Crippen molar-refractivity contribution in [1.82, 2.24) is 15.1 Å². The summed E-state index contributed by atoms with van der Waals surface area (Å²) in [6, 6.07) is 0.606. The van der Waals surface area contributed by atoms with Crippen LogP contribution in [0.5, 0.6) is 0 Å². The molecule has 0 radical (unpaired) electrons. The van der Waals surface area contributed by atoms with E-state index in [-0.39, 0.29) is 0 Å². The van der Waals surface area contributed by atoms with Crippen LogP contribution in [-0.2, 0) is 20.0 Å². The molecule has 0 spiro atoms. The Labute approximate surface area is 112 Å². The molecule has 4 heteroatoms. The maximum Gasteiger partial charge on any atom is 0.0767 e. The number of halogens is 1. The summed E-state index contributed by atoms with van der Waals surface area (Å²) >= 11 is 3.65. The Morgan fingerprint density at radius 2 is 2.24 bits per heavy atom. The molecule has 1 heterocycles. The summed E-state index contributed by atoms with van der Waals surface area (Å²) in [4.78, 5) is 0. The van der Waals surface area contributed by atoms with Gasteiger partial charge in [-0.25, -0.2) is 0 Å². The van der Waals surface area contributed by atoms with Crippen LogP contribution in [-0.4, -0.2) is 15.8 Å². The van der Waals surface area contributed by atoms with Gasteiger partial charge in [-0.1, -0.05) is 19.8 Å². The van der Waals surface area contributed by atoms with Crippen LogP contribution in [0.25, 0.3) is 0 Å². The van der Waals surface area contributed by atoms with E-state index in [2.05, 4.69) is 40.2 Å². The van der Waals surface area contributed by atoms with Crippen molar-refractivity contribution >= 4 is 15.9 Å². The molecular weight excluding hydrogens is 278 g/mol. The zero-order chi connectivity index (χ0) is 12.4. The monoisotopic (exact) mass is 299 g/mol. The average Bonchev–Trinajstić information content (AvgIpc) is 3.04. The lowest BCUT2D eigenvalue weighted by atomic mass is 10.1. The molecule has 1 N–H and O–H groups in total. The second-order valence-corrected chi connectivity index (χ2v) is 5.94. The van der Waals surface area contributed by atoms with Gasteiger partial charge in [-0.15, -0.1) is 0 Å². The molecule has 1 atom stereocenters. The highest BCUT2D eigenvalue weighted by Crippen LogP contribution is 2.33. The predicted molar refractivity (Wildman–Crippen MR) is 73.9 cm³/mol. The third kappa shape index (κ3) is 3.32. The lowest BCUT2D eigenvalue weighted by molar-refractivity contribution is 0.476. The van der Waals surface area contributed by atoms with Gasteiger partial charge in [0.25, 0.3) is 0 Å². The summed E-state index contributed by atoms with van der Waals surface area (Å²) in [5.41, 5.74) is 2.41. The molecule has 3 nitrogen and oxygen atoms in total. The first-order valence-electron chi connectivity index (χ1n) is 6.55. The molecule has 1 aliphatic carbocycles. The van der Waals surface area contributed by atoms with Gasteiger partial charge in [0.15, 0.2) is 0 Å². The average molecular weight is 300 g/mol. The van der Waals surface area contributed by atoms with Crippen molar-refractivity contribution in [1.29, 1.82) is 0 Å². The summed E-state index contributed by atoms with van der Waals surface area (Å²) in [7, 11) is 2.02. The molecule has 2 rings (SSSR count). The maximum atomic E-state index is 4.51. The van der Waals surface area contributed by atoms with E-state index in [9.17, 15) is 0 Å². The van der Waals surface area contributed by atoms with Gasteiger partial charge in [0.2, 0.25) is 0 Å². The van der Waals surface area contributed by atoms with Crippen molar-refractivity contribution in [2.24, 2.45) is 13.0 Å². The molecule has 0 saturated heterocycles. The van der Waals surface area contributed by atoms with E-state index in [4.69, 9.17) is 0 Å². The molecule has 17 heavy (non-hydrogen) atoms. The first-order chi connectivity index (χ1) is 8.11. The highest BCUT2D eigenvalue weighted by Gasteiger charge is 2.23. The Balaban J connectivity index is 1.90. The van der Waals surface area contributed by atoms with Crippen LogP contribution in [0.3, 0.4) is 0 Å². The van der Waals surface area contributed by atoms with Gasteiger partial charge in [0, 0.05) is 19.6 Å². The quantitative estimate of drug-likeness (QED) is 0.875. The minimum atomic E-state index is 0.606. The Morgan fingerprint density at radius 3 is 2.76 bits per heavy atom. The van der Waals surface area contributed by atoms with Crippen molar-refractivity contribution in [3.05, 3.63) is 15.9 Å². The van der Waals surface area contributed by atoms with Gasteiger partial charge in [0.05, 0.1) is 15.9 Å². The fraction of sp³-hybridized carbons (Fsp3) is 0.769. The van der Waals surface area contributed by atoms with Crippen LogP contribution >= 0.6 is 15.9 Å². The van der Waals surface area contributed by atoms with Gasteiger partial charge >= 0.3 is 0 Å². The number of rotatable bonds is 6. The number of aromatic nitrogens is 2. The summed E-state index contributed by atoms with van der Waals surface area (Å²) in [5.74, 6) is 0.985. The number of aryl methyl sites for hydroxylation is 2. The Bertz CT molecular complexity index is 382. The van der Waals surface area contributed by atoms with E-state index in [0.717, 1.165) is 24.6 Å². The minimum absolute atomic E-state index is 0.606. The van der Waals surface area contributed by atoms with Crippen LogP contribution in [0.1, 0.15) is 44.5 Å². The standard InChI is InChI=1S/C13H22BrN3/c1-4-11-13(14)12(17(3)16-11)8-15-9(2)7-10-5-6-10/h9-10,15H,4-8H2,1-3H3. The van der Waals surface area contributed by atoms with E-state index in [1.165, 1.54) is 29.4 Å². The van der Waals surface area contributed by atoms with Crippen molar-refractivity contribution in [2.75, 3.05) is 0 Å². The van der Waals surface area contributed by atoms with Crippen LogP contribution in [0.2, 0.25) is 0 Å². The van der Waals surface area contributed by atoms with Crippen LogP contribution < -0.4 is 5.32 Å².